The van der Waals surface area contributed by atoms with Crippen molar-refractivity contribution in [3.8, 4) is 5.75 Å². The molecule has 3 unspecified atom stereocenters. The van der Waals surface area contributed by atoms with Crippen molar-refractivity contribution in [1.82, 2.24) is 5.16 Å². The Hall–Kier alpha value is -4.32. The quantitative estimate of drug-likeness (QED) is 0.315. The number of aromatic hydroxyl groups is 1. The minimum absolute atomic E-state index is 0.0373. The molecule has 7 N–H and O–H groups in total. The zero-order valence-corrected chi connectivity index (χ0v) is 20.1. The number of ketones is 2. The fourth-order valence-electron chi connectivity index (χ4n) is 5.75. The third-order valence-electron chi connectivity index (χ3n) is 7.50. The molecule has 0 saturated heterocycles. The van der Waals surface area contributed by atoms with Gasteiger partial charge < -0.3 is 40.9 Å². The number of aliphatic hydroxyl groups excluding tert-OH is 2. The standard InChI is InChI=1S/C25H26N4O8/c1-29(2)14-7-11(9-27-16-3-4-37-28-16)20(31)18-13(14)6-10-5-12-8-15(30)19(24(26)35)23(34)25(12,36)22(33)17(10)21(18)32/h3-4,7,10,12,31-32,34,36H,5-6,8-9H2,1-2H3,(H2,26,35)(H,27,28). The van der Waals surface area contributed by atoms with Crippen LogP contribution in [0, 0.1) is 11.8 Å². The second kappa shape index (κ2) is 8.37. The summed E-state index contributed by atoms with van der Waals surface area (Å²) in [5.74, 6) is -6.11. The molecule has 37 heavy (non-hydrogen) atoms. The van der Waals surface area contributed by atoms with Crippen LogP contribution in [0.3, 0.4) is 0 Å². The van der Waals surface area contributed by atoms with Crippen molar-refractivity contribution in [2.45, 2.75) is 31.4 Å². The number of primary amides is 1. The Labute approximate surface area is 210 Å². The lowest BCUT2D eigenvalue weighted by Crippen LogP contribution is -2.58. The normalized spacial score (nSPS) is 24.9. The molecule has 0 spiro atoms. The summed E-state index contributed by atoms with van der Waals surface area (Å²) < 4.78 is 4.80. The van der Waals surface area contributed by atoms with Crippen LogP contribution in [0.1, 0.15) is 29.5 Å². The van der Waals surface area contributed by atoms with E-state index in [-0.39, 0.29) is 42.7 Å². The summed E-state index contributed by atoms with van der Waals surface area (Å²) in [5, 5.41) is 51.4. The molecule has 1 amide bonds. The number of hydrogen-bond donors (Lipinski definition) is 6. The van der Waals surface area contributed by atoms with E-state index in [9.17, 15) is 34.8 Å². The van der Waals surface area contributed by atoms with Gasteiger partial charge >= 0.3 is 0 Å². The van der Waals surface area contributed by atoms with Crippen molar-refractivity contribution in [2.75, 3.05) is 24.3 Å². The highest BCUT2D eigenvalue weighted by atomic mass is 16.5. The first-order valence-corrected chi connectivity index (χ1v) is 11.6. The number of phenolic OH excluding ortho intramolecular Hbond substituents is 1. The number of aliphatic hydroxyl groups is 3. The van der Waals surface area contributed by atoms with Crippen LogP contribution in [0.15, 0.2) is 39.8 Å². The van der Waals surface area contributed by atoms with Crippen LogP contribution in [-0.4, -0.2) is 62.8 Å². The van der Waals surface area contributed by atoms with E-state index in [1.165, 1.54) is 6.26 Å². The molecule has 1 fully saturated rings. The van der Waals surface area contributed by atoms with E-state index in [4.69, 9.17) is 10.3 Å². The number of amides is 1. The van der Waals surface area contributed by atoms with Crippen molar-refractivity contribution in [3.63, 3.8) is 0 Å². The number of hydrogen-bond acceptors (Lipinski definition) is 11. The van der Waals surface area contributed by atoms with Crippen LogP contribution in [-0.2, 0) is 27.3 Å². The first-order valence-electron chi connectivity index (χ1n) is 11.6. The molecule has 0 radical (unpaired) electrons. The number of rotatable bonds is 5. The number of aromatic nitrogens is 1. The SMILES string of the molecule is CN(C)c1cc(CNc2ccon2)c(O)c2c1CC1CC3CC(=O)C(C(N)=O)=C(O)C3(O)C(=O)C1=C2O. The highest BCUT2D eigenvalue weighted by molar-refractivity contribution is 6.22. The third-order valence-corrected chi connectivity index (χ3v) is 7.50. The Bertz CT molecular complexity index is 1410. The van der Waals surface area contributed by atoms with E-state index in [1.54, 1.807) is 26.2 Å². The Kier molecular flexibility index (Phi) is 5.52. The largest absolute Gasteiger partial charge is 0.508 e. The van der Waals surface area contributed by atoms with Crippen molar-refractivity contribution >= 4 is 34.7 Å². The van der Waals surface area contributed by atoms with Crippen molar-refractivity contribution < 1.29 is 39.3 Å². The molecule has 1 saturated carbocycles. The van der Waals surface area contributed by atoms with Crippen LogP contribution in [0.2, 0.25) is 0 Å². The number of anilines is 2. The molecule has 3 aliphatic rings. The van der Waals surface area contributed by atoms with Crippen molar-refractivity contribution in [1.29, 1.82) is 0 Å². The number of phenols is 1. The van der Waals surface area contributed by atoms with Gasteiger partial charge in [-0.3, -0.25) is 14.4 Å². The van der Waals surface area contributed by atoms with E-state index in [0.717, 1.165) is 0 Å². The van der Waals surface area contributed by atoms with E-state index in [1.807, 2.05) is 4.90 Å². The third kappa shape index (κ3) is 3.47. The molecule has 5 rings (SSSR count). The number of nitrogens with zero attached hydrogens (tertiary/aromatic N) is 2. The minimum atomic E-state index is -2.60. The first-order chi connectivity index (χ1) is 17.5. The summed E-state index contributed by atoms with van der Waals surface area (Å²) in [4.78, 5) is 39.8. The van der Waals surface area contributed by atoms with Gasteiger partial charge in [0.1, 0.15) is 29.1 Å². The maximum atomic E-state index is 13.7. The van der Waals surface area contributed by atoms with Crippen LogP contribution in [0.4, 0.5) is 11.5 Å². The molecule has 3 aliphatic carbocycles. The summed E-state index contributed by atoms with van der Waals surface area (Å²) in [7, 11) is 3.60. The zero-order valence-electron chi connectivity index (χ0n) is 20.1. The van der Waals surface area contributed by atoms with Gasteiger partial charge in [-0.2, -0.15) is 0 Å². The predicted octanol–water partition coefficient (Wildman–Crippen LogP) is 1.09. The molecular formula is C25H26N4O8. The molecule has 12 nitrogen and oxygen atoms in total. The number of nitrogens with two attached hydrogens (primary N) is 1. The Morgan fingerprint density at radius 3 is 2.62 bits per heavy atom. The number of carbonyl (C=O) groups excluding carboxylic acids is 3. The molecule has 0 bridgehead atoms. The van der Waals surface area contributed by atoms with Gasteiger partial charge in [0.25, 0.3) is 5.91 Å². The lowest BCUT2D eigenvalue weighted by atomic mass is 9.59. The van der Waals surface area contributed by atoms with Crippen LogP contribution >= 0.6 is 0 Å². The smallest absolute Gasteiger partial charge is 0.255 e. The fourth-order valence-corrected chi connectivity index (χ4v) is 5.75. The molecule has 3 atom stereocenters. The fraction of sp³-hybridized carbons (Fsp3) is 0.360. The van der Waals surface area contributed by atoms with Gasteiger partial charge in [-0.15, -0.1) is 0 Å². The highest BCUT2D eigenvalue weighted by Crippen LogP contribution is 2.53. The van der Waals surface area contributed by atoms with Gasteiger partial charge in [-0.25, -0.2) is 0 Å². The summed E-state index contributed by atoms with van der Waals surface area (Å²) in [6.07, 6.45) is 1.33. The van der Waals surface area contributed by atoms with Gasteiger partial charge in [0, 0.05) is 55.9 Å². The number of nitrogens with one attached hydrogen (secondary N) is 1. The van der Waals surface area contributed by atoms with Crippen molar-refractivity contribution in [3.05, 3.63) is 52.0 Å². The number of carbonyl (C=O) groups is 3. The average Bonchev–Trinajstić information content (AvgIpc) is 3.34. The van der Waals surface area contributed by atoms with E-state index in [0.29, 0.717) is 22.6 Å². The van der Waals surface area contributed by atoms with Gasteiger partial charge in [0.2, 0.25) is 5.78 Å². The van der Waals surface area contributed by atoms with Crippen LogP contribution < -0.4 is 16.0 Å². The van der Waals surface area contributed by atoms with Crippen LogP contribution in [0.5, 0.6) is 5.75 Å². The van der Waals surface area contributed by atoms with Crippen LogP contribution in [0.25, 0.3) is 5.76 Å². The zero-order chi connectivity index (χ0) is 26.8. The monoisotopic (exact) mass is 510 g/mol. The summed E-state index contributed by atoms with van der Waals surface area (Å²) in [6, 6.07) is 3.36. The summed E-state index contributed by atoms with van der Waals surface area (Å²) in [6.45, 7) is 0.117. The molecule has 12 heteroatoms. The van der Waals surface area contributed by atoms with E-state index < -0.39 is 52.0 Å². The van der Waals surface area contributed by atoms with Crippen molar-refractivity contribution in [2.24, 2.45) is 17.6 Å². The predicted molar refractivity (Wildman–Crippen MR) is 130 cm³/mol. The Morgan fingerprint density at radius 1 is 1.27 bits per heavy atom. The second-order valence-corrected chi connectivity index (χ2v) is 9.80. The second-order valence-electron chi connectivity index (χ2n) is 9.80. The average molecular weight is 511 g/mol. The Morgan fingerprint density at radius 2 is 2.00 bits per heavy atom. The maximum Gasteiger partial charge on any atom is 0.255 e. The number of benzene rings is 1. The number of fused-ring (bicyclic) bond motifs is 3. The maximum absolute atomic E-state index is 13.7. The van der Waals surface area contributed by atoms with E-state index in [2.05, 4.69) is 10.5 Å². The molecule has 194 valence electrons. The van der Waals surface area contributed by atoms with Gasteiger partial charge in [0.15, 0.2) is 17.2 Å². The number of Topliss-reactive ketones (excluding diaryl/α,β-unsaturated/α-hetero) is 2. The molecule has 1 aromatic carbocycles. The van der Waals surface area contributed by atoms with Gasteiger partial charge in [-0.05, 0) is 30.4 Å². The summed E-state index contributed by atoms with van der Waals surface area (Å²) in [5.41, 5.74) is 3.36. The molecule has 0 aliphatic heterocycles. The first kappa shape index (κ1) is 24.4. The molecule has 2 aromatic rings. The lowest BCUT2D eigenvalue weighted by molar-refractivity contribution is -0.147. The molecule has 1 aromatic heterocycles. The topological polar surface area (TPSA) is 199 Å². The molecular weight excluding hydrogens is 484 g/mol. The van der Waals surface area contributed by atoms with Gasteiger partial charge in [-0.1, -0.05) is 5.16 Å². The van der Waals surface area contributed by atoms with Gasteiger partial charge in [0.05, 0.1) is 5.56 Å². The highest BCUT2D eigenvalue weighted by Gasteiger charge is 2.60. The lowest BCUT2D eigenvalue weighted by Gasteiger charge is -2.46. The Balaban J connectivity index is 1.66. The minimum Gasteiger partial charge on any atom is -0.508 e. The summed E-state index contributed by atoms with van der Waals surface area (Å²) >= 11 is 0. The molecule has 1 heterocycles. The van der Waals surface area contributed by atoms with E-state index >= 15 is 0 Å².